The smallest absolute Gasteiger partial charge is 0.287 e. The van der Waals surface area contributed by atoms with Crippen molar-refractivity contribution in [2.45, 2.75) is 52.6 Å². The molecular weight excluding hydrogens is 386 g/mol. The van der Waals surface area contributed by atoms with E-state index in [0.717, 1.165) is 0 Å². The Balaban J connectivity index is 2.62. The molecule has 3 rings (SSSR count). The van der Waals surface area contributed by atoms with Gasteiger partial charge in [-0.15, -0.1) is 0 Å². The highest BCUT2D eigenvalue weighted by Crippen LogP contribution is 2.32. The lowest BCUT2D eigenvalue weighted by molar-refractivity contribution is 0.315. The van der Waals surface area contributed by atoms with Crippen LogP contribution in [-0.2, 0) is 11.1 Å². The second kappa shape index (κ2) is 7.35. The summed E-state index contributed by atoms with van der Waals surface area (Å²) in [7, 11) is 0. The quantitative estimate of drug-likeness (QED) is 0.586. The van der Waals surface area contributed by atoms with E-state index in [0.29, 0.717) is 16.8 Å². The van der Waals surface area contributed by atoms with E-state index >= 15 is 0 Å². The van der Waals surface area contributed by atoms with E-state index in [2.05, 4.69) is 0 Å². The van der Waals surface area contributed by atoms with E-state index in [1.807, 2.05) is 20.8 Å². The van der Waals surface area contributed by atoms with Gasteiger partial charge in [0.25, 0.3) is 5.56 Å². The molecule has 0 radical (unpaired) electrons. The standard InChI is InChI=1S/C24H26F2N2O2/c1-23(2,3)27-20(16-9-13-18(26)14-10-16)19(15-7-11-17(25)12-8-15)21(29)28(22(27)30)24(4,5)6/h7-14H,1-6H3. The molecule has 0 amide bonds. The molecule has 0 fully saturated rings. The second-order valence-corrected chi connectivity index (χ2v) is 9.34. The maximum absolute atomic E-state index is 13.6. The predicted octanol–water partition coefficient (Wildman–Crippen LogP) is 5.13. The van der Waals surface area contributed by atoms with Crippen LogP contribution in [0.15, 0.2) is 58.1 Å². The van der Waals surface area contributed by atoms with Gasteiger partial charge in [-0.1, -0.05) is 12.1 Å². The maximum atomic E-state index is 13.6. The predicted molar refractivity (Wildman–Crippen MR) is 116 cm³/mol. The van der Waals surface area contributed by atoms with Gasteiger partial charge in [-0.2, -0.15) is 0 Å². The summed E-state index contributed by atoms with van der Waals surface area (Å²) in [5, 5.41) is 0. The summed E-state index contributed by atoms with van der Waals surface area (Å²) in [4.78, 5) is 27.2. The van der Waals surface area contributed by atoms with Gasteiger partial charge in [0.05, 0.1) is 11.3 Å². The molecule has 0 bridgehead atoms. The normalized spacial score (nSPS) is 12.3. The number of nitrogens with zero attached hydrogens (tertiary/aromatic N) is 2. The lowest BCUT2D eigenvalue weighted by Gasteiger charge is -2.32. The number of rotatable bonds is 2. The fourth-order valence-electron chi connectivity index (χ4n) is 3.58. The Morgan fingerprint density at radius 1 is 0.633 bits per heavy atom. The molecule has 30 heavy (non-hydrogen) atoms. The first-order valence-corrected chi connectivity index (χ1v) is 9.77. The van der Waals surface area contributed by atoms with Gasteiger partial charge in [0, 0.05) is 11.1 Å². The molecule has 4 nitrogen and oxygen atoms in total. The van der Waals surface area contributed by atoms with Crippen molar-refractivity contribution in [1.82, 2.24) is 9.13 Å². The molecule has 0 unspecified atom stereocenters. The van der Waals surface area contributed by atoms with Crippen molar-refractivity contribution in [1.29, 1.82) is 0 Å². The van der Waals surface area contributed by atoms with Crippen molar-refractivity contribution in [3.8, 4) is 22.4 Å². The Morgan fingerprint density at radius 3 is 1.43 bits per heavy atom. The highest BCUT2D eigenvalue weighted by atomic mass is 19.1. The molecule has 0 spiro atoms. The minimum absolute atomic E-state index is 0.269. The van der Waals surface area contributed by atoms with Crippen molar-refractivity contribution < 1.29 is 8.78 Å². The summed E-state index contributed by atoms with van der Waals surface area (Å²) in [5.74, 6) is -0.850. The molecule has 0 aliphatic carbocycles. The molecule has 2 aromatic carbocycles. The molecule has 6 heteroatoms. The van der Waals surface area contributed by atoms with E-state index in [4.69, 9.17) is 0 Å². The van der Waals surface area contributed by atoms with Gasteiger partial charge >= 0.3 is 5.69 Å². The van der Waals surface area contributed by atoms with Gasteiger partial charge in [-0.05, 0) is 89.1 Å². The first-order chi connectivity index (χ1) is 13.8. The number of aromatic nitrogens is 2. The van der Waals surface area contributed by atoms with E-state index in [9.17, 15) is 18.4 Å². The topological polar surface area (TPSA) is 44.0 Å². The molecule has 158 valence electrons. The van der Waals surface area contributed by atoms with Crippen LogP contribution in [-0.4, -0.2) is 9.13 Å². The molecule has 0 aliphatic rings. The van der Waals surface area contributed by atoms with Crippen LogP contribution in [0.1, 0.15) is 41.5 Å². The highest BCUT2D eigenvalue weighted by Gasteiger charge is 2.31. The van der Waals surface area contributed by atoms with Crippen LogP contribution in [0.5, 0.6) is 0 Å². The van der Waals surface area contributed by atoms with E-state index in [-0.39, 0.29) is 5.56 Å². The van der Waals surface area contributed by atoms with Crippen molar-refractivity contribution in [2.75, 3.05) is 0 Å². The average molecular weight is 412 g/mol. The molecule has 0 aliphatic heterocycles. The van der Waals surface area contributed by atoms with Crippen LogP contribution in [0.3, 0.4) is 0 Å². The molecule has 1 heterocycles. The number of hydrogen-bond acceptors (Lipinski definition) is 2. The molecule has 0 atom stereocenters. The first kappa shape index (κ1) is 21.7. The maximum Gasteiger partial charge on any atom is 0.332 e. The van der Waals surface area contributed by atoms with Crippen LogP contribution >= 0.6 is 0 Å². The summed E-state index contributed by atoms with van der Waals surface area (Å²) >= 11 is 0. The number of halogens is 2. The van der Waals surface area contributed by atoms with Gasteiger partial charge in [-0.3, -0.25) is 13.9 Å². The van der Waals surface area contributed by atoms with Crippen LogP contribution < -0.4 is 11.2 Å². The average Bonchev–Trinajstić information content (AvgIpc) is 2.60. The second-order valence-electron chi connectivity index (χ2n) is 9.34. The van der Waals surface area contributed by atoms with Crippen LogP contribution in [0.25, 0.3) is 22.4 Å². The van der Waals surface area contributed by atoms with Gasteiger partial charge in [0.15, 0.2) is 0 Å². The zero-order valence-corrected chi connectivity index (χ0v) is 18.1. The van der Waals surface area contributed by atoms with Gasteiger partial charge in [0.2, 0.25) is 0 Å². The third-order valence-electron chi connectivity index (χ3n) is 4.85. The monoisotopic (exact) mass is 412 g/mol. The third-order valence-corrected chi connectivity index (χ3v) is 4.85. The van der Waals surface area contributed by atoms with E-state index in [1.165, 1.54) is 41.0 Å². The fourth-order valence-corrected chi connectivity index (χ4v) is 3.58. The zero-order valence-electron chi connectivity index (χ0n) is 18.1. The van der Waals surface area contributed by atoms with Gasteiger partial charge < -0.3 is 0 Å². The summed E-state index contributed by atoms with van der Waals surface area (Å²) in [5.41, 5.74) is -0.731. The molecule has 0 saturated heterocycles. The fraction of sp³-hybridized carbons (Fsp3) is 0.333. The Morgan fingerprint density at radius 2 is 1.03 bits per heavy atom. The van der Waals surface area contributed by atoms with Crippen molar-refractivity contribution in [2.24, 2.45) is 0 Å². The Labute approximate surface area is 174 Å². The Kier molecular flexibility index (Phi) is 5.31. The van der Waals surface area contributed by atoms with Crippen molar-refractivity contribution in [3.05, 3.63) is 81.0 Å². The van der Waals surface area contributed by atoms with Crippen LogP contribution in [0.4, 0.5) is 8.78 Å². The summed E-state index contributed by atoms with van der Waals surface area (Å²) < 4.78 is 30.0. The van der Waals surface area contributed by atoms with Crippen molar-refractivity contribution in [3.63, 3.8) is 0 Å². The molecule has 1 aromatic heterocycles. The summed E-state index contributed by atoms with van der Waals surface area (Å²) in [6, 6.07) is 11.2. The van der Waals surface area contributed by atoms with Crippen LogP contribution in [0.2, 0.25) is 0 Å². The summed E-state index contributed by atoms with van der Waals surface area (Å²) in [6.07, 6.45) is 0. The minimum atomic E-state index is -0.780. The van der Waals surface area contributed by atoms with Crippen molar-refractivity contribution >= 4 is 0 Å². The highest BCUT2D eigenvalue weighted by molar-refractivity contribution is 5.80. The van der Waals surface area contributed by atoms with E-state index in [1.54, 1.807) is 37.5 Å². The lowest BCUT2D eigenvalue weighted by atomic mass is 9.96. The largest absolute Gasteiger partial charge is 0.332 e. The molecule has 0 N–H and O–H groups in total. The minimum Gasteiger partial charge on any atom is -0.287 e. The zero-order chi connectivity index (χ0) is 22.4. The Bertz CT molecular complexity index is 1190. The first-order valence-electron chi connectivity index (χ1n) is 9.77. The van der Waals surface area contributed by atoms with Gasteiger partial charge in [-0.25, -0.2) is 13.6 Å². The van der Waals surface area contributed by atoms with Crippen LogP contribution in [0, 0.1) is 11.6 Å². The number of benzene rings is 2. The molecular formula is C24H26F2N2O2. The molecule has 0 saturated carbocycles. The van der Waals surface area contributed by atoms with Gasteiger partial charge in [0.1, 0.15) is 11.6 Å². The Hall–Kier alpha value is -3.02. The number of hydrogen-bond donors (Lipinski definition) is 0. The SMILES string of the molecule is CC(C)(C)n1c(-c2ccc(F)cc2)c(-c2ccc(F)cc2)c(=O)n(C(C)(C)C)c1=O. The third kappa shape index (κ3) is 3.86. The van der Waals surface area contributed by atoms with E-state index < -0.39 is 34.0 Å². The lowest BCUT2D eigenvalue weighted by Crippen LogP contribution is -2.52. The molecule has 3 aromatic rings. The summed E-state index contributed by atoms with van der Waals surface area (Å²) in [6.45, 7) is 11.0.